The fraction of sp³-hybridized carbons (Fsp3) is 0.250. The molecule has 9 rings (SSSR count). The number of aromatic nitrogens is 4. The molecule has 0 unspecified atom stereocenters. The molecule has 4 aromatic heterocycles. The first-order valence-electron chi connectivity index (χ1n) is 16.1. The number of anilines is 1. The number of aryl methyl sites for hydroxylation is 2. The molecule has 6 heterocycles. The predicted molar refractivity (Wildman–Crippen MR) is 182 cm³/mol. The molecule has 6 aromatic rings. The molecule has 9 nitrogen and oxygen atoms in total. The van der Waals surface area contributed by atoms with Crippen LogP contribution in [0.1, 0.15) is 69.8 Å². The Morgan fingerprint density at radius 2 is 1.90 bits per heavy atom. The molecule has 2 aromatic carbocycles. The van der Waals surface area contributed by atoms with Crippen molar-refractivity contribution in [2.45, 2.75) is 50.6 Å². The quantitative estimate of drug-likeness (QED) is 0.175. The monoisotopic (exact) mass is 696 g/mol. The van der Waals surface area contributed by atoms with Gasteiger partial charge in [-0.1, -0.05) is 29.8 Å². The number of amides is 1. The lowest BCUT2D eigenvalue weighted by Crippen LogP contribution is -2.22. The Balaban J connectivity index is 1.21. The van der Waals surface area contributed by atoms with Crippen molar-refractivity contribution in [2.24, 2.45) is 0 Å². The number of halogens is 3. The van der Waals surface area contributed by atoms with E-state index in [1.165, 1.54) is 29.5 Å². The van der Waals surface area contributed by atoms with Crippen LogP contribution in [0.4, 0.5) is 14.6 Å². The molecule has 2 N–H and O–H groups in total. The van der Waals surface area contributed by atoms with Crippen LogP contribution in [0.5, 0.6) is 0 Å². The van der Waals surface area contributed by atoms with Crippen molar-refractivity contribution in [1.82, 2.24) is 25.1 Å². The van der Waals surface area contributed by atoms with Gasteiger partial charge in [0, 0.05) is 23.2 Å². The molecular weight excluding hydrogens is 670 g/mol. The summed E-state index contributed by atoms with van der Waals surface area (Å²) in [7, 11) is 0. The standard InChI is InChI=1S/C36H27ClF2N6O3S/c37-30-21-9-12-23(20(21)8-10-22(30)39)42-33-32-18(13-14-40-33)16-26(49-32)28-27(34-43-44-36(47)48-34)24(11-5-17-3-6-19(38)7-4-17)41-31-25-2-1-15-45(25)35(46)29(28)31/h3-4,6-8,10,13-14,16,23,25H,1-2,5,9,11-12,15H2,(H,40,42)(H,44,47)/t23-,25-/m0/s1. The fourth-order valence-corrected chi connectivity index (χ4v) is 9.03. The molecule has 1 fully saturated rings. The maximum Gasteiger partial charge on any atom is 0.434 e. The Labute approximate surface area is 287 Å². The number of carbonyl (C=O) groups is 1. The van der Waals surface area contributed by atoms with Gasteiger partial charge in [0.05, 0.1) is 44.3 Å². The van der Waals surface area contributed by atoms with Crippen LogP contribution in [-0.4, -0.2) is 37.5 Å². The van der Waals surface area contributed by atoms with Gasteiger partial charge in [0.25, 0.3) is 11.8 Å². The SMILES string of the molecule is O=C1c2c(nc(CCc3ccc(F)cc3)c(-c3n[nH]c(=O)o3)c2-c2cc3ccnc(N[C@H]4CCc5c4ccc(F)c5Cl)c3s2)[C@@H]2CCCN12. The molecule has 1 amide bonds. The number of nitrogens with zero attached hydrogens (tertiary/aromatic N) is 4. The molecule has 246 valence electrons. The van der Waals surface area contributed by atoms with E-state index in [9.17, 15) is 18.4 Å². The molecule has 0 saturated carbocycles. The van der Waals surface area contributed by atoms with Crippen LogP contribution in [0.25, 0.3) is 32.0 Å². The highest BCUT2D eigenvalue weighted by Gasteiger charge is 2.45. The van der Waals surface area contributed by atoms with E-state index in [0.29, 0.717) is 59.7 Å². The first-order valence-corrected chi connectivity index (χ1v) is 17.3. The summed E-state index contributed by atoms with van der Waals surface area (Å²) >= 11 is 7.78. The molecule has 0 spiro atoms. The maximum atomic E-state index is 14.2. The minimum absolute atomic E-state index is 0.0462. The zero-order chi connectivity index (χ0) is 33.4. The topological polar surface area (TPSA) is 117 Å². The average Bonchev–Trinajstić information content (AvgIpc) is 3.94. The van der Waals surface area contributed by atoms with E-state index in [2.05, 4.69) is 15.5 Å². The molecule has 3 aliphatic rings. The van der Waals surface area contributed by atoms with Crippen molar-refractivity contribution < 1.29 is 18.0 Å². The minimum atomic E-state index is -0.721. The van der Waals surface area contributed by atoms with Gasteiger partial charge in [0.2, 0.25) is 0 Å². The molecule has 2 atom stereocenters. The number of carbonyl (C=O) groups excluding carboxylic acids is 1. The Morgan fingerprint density at radius 3 is 2.71 bits per heavy atom. The summed E-state index contributed by atoms with van der Waals surface area (Å²) in [6.07, 6.45) is 5.78. The van der Waals surface area contributed by atoms with Gasteiger partial charge in [-0.25, -0.2) is 23.7 Å². The van der Waals surface area contributed by atoms with Gasteiger partial charge in [-0.3, -0.25) is 9.78 Å². The van der Waals surface area contributed by atoms with E-state index < -0.39 is 11.6 Å². The van der Waals surface area contributed by atoms with Crippen molar-refractivity contribution in [3.05, 3.63) is 116 Å². The van der Waals surface area contributed by atoms with Gasteiger partial charge in [-0.15, -0.1) is 16.4 Å². The molecule has 0 radical (unpaired) electrons. The highest BCUT2D eigenvalue weighted by Crippen LogP contribution is 2.50. The van der Waals surface area contributed by atoms with E-state index >= 15 is 0 Å². The lowest BCUT2D eigenvalue weighted by Gasteiger charge is -2.16. The smallest absolute Gasteiger partial charge is 0.388 e. The highest BCUT2D eigenvalue weighted by molar-refractivity contribution is 7.23. The fourth-order valence-electron chi connectivity index (χ4n) is 7.60. The van der Waals surface area contributed by atoms with Gasteiger partial charge in [-0.2, -0.15) is 0 Å². The van der Waals surface area contributed by atoms with E-state index in [-0.39, 0.29) is 34.7 Å². The first-order chi connectivity index (χ1) is 23.8. The van der Waals surface area contributed by atoms with Crippen molar-refractivity contribution in [2.75, 3.05) is 11.9 Å². The highest BCUT2D eigenvalue weighted by atomic mass is 35.5. The molecule has 13 heteroatoms. The molecule has 1 saturated heterocycles. The third kappa shape index (κ3) is 4.95. The Bertz CT molecular complexity index is 2370. The summed E-state index contributed by atoms with van der Waals surface area (Å²) in [5.41, 5.74) is 5.61. The van der Waals surface area contributed by atoms with Crippen LogP contribution in [0, 0.1) is 11.6 Å². The molecule has 2 aliphatic heterocycles. The second kappa shape index (κ2) is 11.6. The third-order valence-corrected chi connectivity index (χ3v) is 11.4. The van der Waals surface area contributed by atoms with E-state index in [0.717, 1.165) is 50.9 Å². The first kappa shape index (κ1) is 30.1. The summed E-state index contributed by atoms with van der Waals surface area (Å²) in [5.74, 6) is -0.862. The number of rotatable bonds is 7. The zero-order valence-corrected chi connectivity index (χ0v) is 27.4. The lowest BCUT2D eigenvalue weighted by atomic mass is 9.93. The average molecular weight is 697 g/mol. The second-order valence-electron chi connectivity index (χ2n) is 12.6. The van der Waals surface area contributed by atoms with Crippen molar-refractivity contribution >= 4 is 44.7 Å². The maximum absolute atomic E-state index is 14.2. The second-order valence-corrected chi connectivity index (χ2v) is 14.1. The van der Waals surface area contributed by atoms with E-state index in [4.69, 9.17) is 26.0 Å². The zero-order valence-electron chi connectivity index (χ0n) is 25.9. The Hall–Kier alpha value is -4.94. The summed E-state index contributed by atoms with van der Waals surface area (Å²) in [4.78, 5) is 38.9. The van der Waals surface area contributed by atoms with Crippen molar-refractivity contribution in [3.63, 3.8) is 0 Å². The molecule has 1 aliphatic carbocycles. The molecular formula is C36H27ClF2N6O3S. The van der Waals surface area contributed by atoms with Crippen LogP contribution < -0.4 is 11.1 Å². The number of benzene rings is 2. The summed E-state index contributed by atoms with van der Waals surface area (Å²) < 4.78 is 34.3. The number of thiophene rings is 1. The van der Waals surface area contributed by atoms with Crippen LogP contribution in [0.15, 0.2) is 63.9 Å². The summed E-state index contributed by atoms with van der Waals surface area (Å²) in [6.45, 7) is 0.637. The van der Waals surface area contributed by atoms with Crippen LogP contribution in [0.3, 0.4) is 0 Å². The predicted octanol–water partition coefficient (Wildman–Crippen LogP) is 7.81. The minimum Gasteiger partial charge on any atom is -0.388 e. The van der Waals surface area contributed by atoms with Gasteiger partial charge in [0.1, 0.15) is 17.5 Å². The van der Waals surface area contributed by atoms with Gasteiger partial charge in [0.15, 0.2) is 0 Å². The lowest BCUT2D eigenvalue weighted by molar-refractivity contribution is 0.0776. The van der Waals surface area contributed by atoms with Crippen molar-refractivity contribution in [1.29, 1.82) is 0 Å². The Morgan fingerprint density at radius 1 is 1.04 bits per heavy atom. The van der Waals surface area contributed by atoms with Crippen molar-refractivity contribution in [3.8, 4) is 21.9 Å². The van der Waals surface area contributed by atoms with Gasteiger partial charge in [-0.05, 0) is 90.9 Å². The summed E-state index contributed by atoms with van der Waals surface area (Å²) in [5, 5.41) is 11.2. The van der Waals surface area contributed by atoms with E-state index in [1.807, 2.05) is 17.0 Å². The molecule has 0 bridgehead atoms. The molecule has 49 heavy (non-hydrogen) atoms. The van der Waals surface area contributed by atoms with Gasteiger partial charge >= 0.3 is 5.76 Å². The van der Waals surface area contributed by atoms with Crippen LogP contribution in [0.2, 0.25) is 5.02 Å². The third-order valence-electron chi connectivity index (χ3n) is 9.84. The number of fused-ring (bicyclic) bond motifs is 5. The van der Waals surface area contributed by atoms with Gasteiger partial charge < -0.3 is 14.6 Å². The Kier molecular flexibility index (Phi) is 7.13. The largest absolute Gasteiger partial charge is 0.434 e. The summed E-state index contributed by atoms with van der Waals surface area (Å²) in [6, 6.07) is 13.2. The van der Waals surface area contributed by atoms with Crippen LogP contribution >= 0.6 is 22.9 Å². The van der Waals surface area contributed by atoms with E-state index in [1.54, 1.807) is 24.4 Å². The normalized spacial score (nSPS) is 17.9. The number of hydrogen-bond acceptors (Lipinski definition) is 8. The number of hydrogen-bond donors (Lipinski definition) is 2. The van der Waals surface area contributed by atoms with Crippen LogP contribution in [-0.2, 0) is 19.3 Å². The number of pyridine rings is 2. The number of H-pyrrole nitrogens is 1. The number of nitrogens with one attached hydrogen (secondary N) is 2. The number of aromatic amines is 1.